The van der Waals surface area contributed by atoms with Gasteiger partial charge in [0.2, 0.25) is 0 Å². The molecule has 0 radical (unpaired) electrons. The molecule has 0 N–H and O–H groups in total. The molecular weight excluding hydrogens is 416 g/mol. The number of hydrogen-bond donors (Lipinski definition) is 0. The van der Waals surface area contributed by atoms with Gasteiger partial charge in [-0.1, -0.05) is 72.9 Å². The van der Waals surface area contributed by atoms with Gasteiger partial charge in [0, 0.05) is 6.42 Å². The standard InChI is InChI=1S/C27H46O4Si/c1-10-13-16-24(28)23(26(29)30-7)19-20-17-21(14-11-2)25(22(18-20)15-12-3)31-32(8,9)27(4,5)6/h17-18,23H,10-16,19H2,1-9H3. The lowest BCUT2D eigenvalue weighted by molar-refractivity contribution is -0.149. The number of unbranched alkanes of at least 4 members (excludes halogenated alkanes) is 1. The number of esters is 1. The van der Waals surface area contributed by atoms with Gasteiger partial charge in [-0.05, 0) is 60.5 Å². The Bertz CT molecular complexity index is 734. The van der Waals surface area contributed by atoms with E-state index >= 15 is 0 Å². The molecule has 0 aliphatic rings. The normalized spacial score (nSPS) is 13.0. The minimum absolute atomic E-state index is 0.0191. The summed E-state index contributed by atoms with van der Waals surface area (Å²) < 4.78 is 11.8. The van der Waals surface area contributed by atoms with Crippen LogP contribution >= 0.6 is 0 Å². The van der Waals surface area contributed by atoms with Crippen molar-refractivity contribution >= 4 is 20.1 Å². The van der Waals surface area contributed by atoms with Crippen molar-refractivity contribution < 1.29 is 18.8 Å². The molecule has 32 heavy (non-hydrogen) atoms. The third-order valence-corrected chi connectivity index (χ3v) is 10.9. The van der Waals surface area contributed by atoms with Crippen LogP contribution in [0.1, 0.15) is 90.3 Å². The monoisotopic (exact) mass is 462 g/mol. The second kappa shape index (κ2) is 12.6. The highest BCUT2D eigenvalue weighted by molar-refractivity contribution is 6.74. The fourth-order valence-corrected chi connectivity index (χ4v) is 4.70. The molecule has 0 aromatic heterocycles. The smallest absolute Gasteiger partial charge is 0.316 e. The van der Waals surface area contributed by atoms with E-state index < -0.39 is 20.2 Å². The Morgan fingerprint density at radius 2 is 1.50 bits per heavy atom. The van der Waals surface area contributed by atoms with E-state index in [2.05, 4.69) is 66.8 Å². The molecule has 182 valence electrons. The van der Waals surface area contributed by atoms with Crippen LogP contribution in [0.5, 0.6) is 5.75 Å². The van der Waals surface area contributed by atoms with E-state index in [9.17, 15) is 9.59 Å². The van der Waals surface area contributed by atoms with Gasteiger partial charge < -0.3 is 9.16 Å². The minimum Gasteiger partial charge on any atom is -0.543 e. The molecule has 0 amide bonds. The van der Waals surface area contributed by atoms with Crippen molar-refractivity contribution in [1.82, 2.24) is 0 Å². The van der Waals surface area contributed by atoms with E-state index in [-0.39, 0.29) is 10.8 Å². The lowest BCUT2D eigenvalue weighted by atomic mass is 9.89. The van der Waals surface area contributed by atoms with Crippen molar-refractivity contribution in [2.24, 2.45) is 5.92 Å². The zero-order valence-electron chi connectivity index (χ0n) is 22.0. The van der Waals surface area contributed by atoms with Gasteiger partial charge in [0.25, 0.3) is 8.32 Å². The van der Waals surface area contributed by atoms with Gasteiger partial charge in [0.1, 0.15) is 17.5 Å². The van der Waals surface area contributed by atoms with E-state index in [0.717, 1.165) is 49.8 Å². The highest BCUT2D eigenvalue weighted by atomic mass is 28.4. The Hall–Kier alpha value is -1.62. The fourth-order valence-electron chi connectivity index (χ4n) is 3.63. The molecule has 4 nitrogen and oxygen atoms in total. The van der Waals surface area contributed by atoms with Crippen LogP contribution in [-0.2, 0) is 33.6 Å². The zero-order valence-corrected chi connectivity index (χ0v) is 23.0. The molecule has 1 unspecified atom stereocenters. The predicted molar refractivity (Wildman–Crippen MR) is 136 cm³/mol. The molecule has 0 saturated carbocycles. The molecule has 0 aliphatic carbocycles. The van der Waals surface area contributed by atoms with Crippen LogP contribution in [0.15, 0.2) is 12.1 Å². The number of benzene rings is 1. The Balaban J connectivity index is 3.45. The van der Waals surface area contributed by atoms with Crippen molar-refractivity contribution in [2.45, 2.75) is 111 Å². The van der Waals surface area contributed by atoms with Crippen LogP contribution in [0.3, 0.4) is 0 Å². The van der Waals surface area contributed by atoms with Crippen LogP contribution < -0.4 is 4.43 Å². The first-order valence-corrected chi connectivity index (χ1v) is 15.3. The van der Waals surface area contributed by atoms with Crippen LogP contribution in [0, 0.1) is 5.92 Å². The van der Waals surface area contributed by atoms with Gasteiger partial charge in [-0.2, -0.15) is 0 Å². The van der Waals surface area contributed by atoms with E-state index in [1.54, 1.807) is 0 Å². The average Bonchev–Trinajstić information content (AvgIpc) is 2.71. The topological polar surface area (TPSA) is 52.6 Å². The number of hydrogen-bond acceptors (Lipinski definition) is 4. The van der Waals surface area contributed by atoms with Crippen LogP contribution in [0.2, 0.25) is 18.1 Å². The lowest BCUT2D eigenvalue weighted by Crippen LogP contribution is -2.44. The van der Waals surface area contributed by atoms with Gasteiger partial charge in [-0.15, -0.1) is 0 Å². The largest absolute Gasteiger partial charge is 0.543 e. The van der Waals surface area contributed by atoms with Gasteiger partial charge in [-0.25, -0.2) is 0 Å². The summed E-state index contributed by atoms with van der Waals surface area (Å²) >= 11 is 0. The molecule has 1 aromatic carbocycles. The first-order chi connectivity index (χ1) is 14.9. The maximum Gasteiger partial charge on any atom is 0.316 e. The van der Waals surface area contributed by atoms with Crippen molar-refractivity contribution in [3.8, 4) is 5.75 Å². The molecule has 0 fully saturated rings. The number of aryl methyl sites for hydroxylation is 2. The number of Topliss-reactive ketones (excluding diaryl/α,β-unsaturated/α-hetero) is 1. The summed E-state index contributed by atoms with van der Waals surface area (Å²) in [7, 11) is -0.636. The summed E-state index contributed by atoms with van der Waals surface area (Å²) in [6.45, 7) is 17.7. The first-order valence-electron chi connectivity index (χ1n) is 12.4. The molecule has 0 heterocycles. The lowest BCUT2D eigenvalue weighted by Gasteiger charge is -2.38. The maximum atomic E-state index is 12.8. The van der Waals surface area contributed by atoms with Gasteiger partial charge in [0.05, 0.1) is 7.11 Å². The van der Waals surface area contributed by atoms with Gasteiger partial charge in [-0.3, -0.25) is 9.59 Å². The van der Waals surface area contributed by atoms with Crippen LogP contribution in [-0.4, -0.2) is 27.2 Å². The maximum absolute atomic E-state index is 12.8. The second-order valence-electron chi connectivity index (χ2n) is 10.5. The quantitative estimate of drug-likeness (QED) is 0.179. The fraction of sp³-hybridized carbons (Fsp3) is 0.704. The third-order valence-electron chi connectivity index (χ3n) is 6.60. The molecule has 0 aliphatic heterocycles. The van der Waals surface area contributed by atoms with E-state index in [4.69, 9.17) is 9.16 Å². The molecule has 1 rings (SSSR count). The summed E-state index contributed by atoms with van der Waals surface area (Å²) in [5.41, 5.74) is 3.42. The van der Waals surface area contributed by atoms with Crippen molar-refractivity contribution in [2.75, 3.05) is 7.11 Å². The Labute approximate surface area is 197 Å². The van der Waals surface area contributed by atoms with Gasteiger partial charge in [0.15, 0.2) is 0 Å². The first kappa shape index (κ1) is 28.4. The van der Waals surface area contributed by atoms with E-state index in [0.29, 0.717) is 12.8 Å². The number of ether oxygens (including phenoxy) is 1. The van der Waals surface area contributed by atoms with Gasteiger partial charge >= 0.3 is 5.97 Å². The highest BCUT2D eigenvalue weighted by Gasteiger charge is 2.40. The summed E-state index contributed by atoms with van der Waals surface area (Å²) in [5, 5.41) is 0.111. The third kappa shape index (κ3) is 7.75. The van der Waals surface area contributed by atoms with Crippen LogP contribution in [0.25, 0.3) is 0 Å². The summed E-state index contributed by atoms with van der Waals surface area (Å²) in [6, 6.07) is 4.32. The minimum atomic E-state index is -2.00. The molecule has 0 spiro atoms. The number of carbonyl (C=O) groups is 2. The SMILES string of the molecule is CCCCC(=O)C(Cc1cc(CCC)c(O[Si](C)(C)C(C)(C)C)c(CCC)c1)C(=O)OC. The average molecular weight is 463 g/mol. The van der Waals surface area contributed by atoms with Crippen LogP contribution in [0.4, 0.5) is 0 Å². The summed E-state index contributed by atoms with van der Waals surface area (Å²) in [6.07, 6.45) is 6.41. The number of rotatable bonds is 13. The number of methoxy groups -OCH3 is 1. The Kier molecular flexibility index (Phi) is 11.2. The number of carbonyl (C=O) groups excluding carboxylic acids is 2. The molecule has 1 atom stereocenters. The van der Waals surface area contributed by atoms with E-state index in [1.165, 1.54) is 18.2 Å². The van der Waals surface area contributed by atoms with Crippen molar-refractivity contribution in [3.05, 3.63) is 28.8 Å². The van der Waals surface area contributed by atoms with Crippen molar-refractivity contribution in [3.63, 3.8) is 0 Å². The Morgan fingerprint density at radius 3 is 1.91 bits per heavy atom. The Morgan fingerprint density at radius 1 is 0.969 bits per heavy atom. The second-order valence-corrected chi connectivity index (χ2v) is 15.2. The van der Waals surface area contributed by atoms with Crippen molar-refractivity contribution in [1.29, 1.82) is 0 Å². The summed E-state index contributed by atoms with van der Waals surface area (Å²) in [5.74, 6) is -0.144. The highest BCUT2D eigenvalue weighted by Crippen LogP contribution is 2.40. The molecule has 5 heteroatoms. The molecule has 1 aromatic rings. The molecular formula is C27H46O4Si. The zero-order chi connectivity index (χ0) is 24.5. The molecule has 0 bridgehead atoms. The predicted octanol–water partition coefficient (Wildman–Crippen LogP) is 7.07. The summed E-state index contributed by atoms with van der Waals surface area (Å²) in [4.78, 5) is 25.2. The van der Waals surface area contributed by atoms with E-state index in [1.807, 2.05) is 0 Å². The molecule has 0 saturated heterocycles. The number of ketones is 1.